The van der Waals surface area contributed by atoms with Crippen LogP contribution in [0.4, 0.5) is 0 Å². The molecular weight excluding hydrogens is 234 g/mol. The fourth-order valence-electron chi connectivity index (χ4n) is 1.69. The lowest BCUT2D eigenvalue weighted by Gasteiger charge is -2.20. The minimum Gasteiger partial charge on any atom is -0.284 e. The van der Waals surface area contributed by atoms with Crippen LogP contribution in [0, 0.1) is 12.3 Å². The number of pyridine rings is 1. The Morgan fingerprint density at radius 2 is 2.26 bits per heavy atom. The zero-order chi connectivity index (χ0) is 13.9. The Kier molecular flexibility index (Phi) is 6.93. The van der Waals surface area contributed by atoms with Crippen molar-refractivity contribution in [1.29, 1.82) is 0 Å². The van der Waals surface area contributed by atoms with Crippen molar-refractivity contribution in [2.24, 2.45) is 4.99 Å². The monoisotopic (exact) mass is 253 g/mol. The van der Waals surface area contributed by atoms with Gasteiger partial charge in [0.25, 0.3) is 0 Å². The average Bonchev–Trinajstić information content (AvgIpc) is 2.44. The first kappa shape index (κ1) is 14.9. The molecule has 0 amide bonds. The topological polar surface area (TPSA) is 28.5 Å². The van der Waals surface area contributed by atoms with Crippen molar-refractivity contribution in [3.63, 3.8) is 0 Å². The van der Waals surface area contributed by atoms with Gasteiger partial charge in [0.2, 0.25) is 0 Å². The number of aromatic nitrogens is 1. The van der Waals surface area contributed by atoms with Crippen LogP contribution in [-0.2, 0) is 6.54 Å². The first-order valence-electron chi connectivity index (χ1n) is 6.12. The number of nitrogens with zero attached hydrogens (tertiary/aromatic N) is 3. The summed E-state index contributed by atoms with van der Waals surface area (Å²) in [4.78, 5) is 9.93. The van der Waals surface area contributed by atoms with E-state index in [1.807, 2.05) is 25.1 Å². The largest absolute Gasteiger partial charge is 0.284 e. The molecule has 1 heterocycles. The van der Waals surface area contributed by atoms with E-state index in [9.17, 15) is 0 Å². The highest BCUT2D eigenvalue weighted by atomic mass is 15.1. The molecule has 0 atom stereocenters. The first-order chi connectivity index (χ1) is 9.30. The lowest BCUT2D eigenvalue weighted by Crippen LogP contribution is -2.25. The zero-order valence-electron chi connectivity index (χ0n) is 11.3. The third-order valence-electron chi connectivity index (χ3n) is 2.64. The van der Waals surface area contributed by atoms with Crippen molar-refractivity contribution in [1.82, 2.24) is 9.88 Å². The molecule has 0 aliphatic heterocycles. The lowest BCUT2D eigenvalue weighted by atomic mass is 10.2. The molecule has 0 fully saturated rings. The maximum absolute atomic E-state index is 5.43. The highest BCUT2D eigenvalue weighted by molar-refractivity contribution is 5.28. The molecule has 0 radical (unpaired) electrons. The summed E-state index contributed by atoms with van der Waals surface area (Å²) in [5, 5.41) is 0. The molecule has 0 N–H and O–H groups in total. The fourth-order valence-corrected chi connectivity index (χ4v) is 1.69. The Morgan fingerprint density at radius 3 is 2.84 bits per heavy atom. The number of hydrogen-bond donors (Lipinski definition) is 0. The first-order valence-corrected chi connectivity index (χ1v) is 6.12. The SMILES string of the molecule is C#CCN(CC(/C=C\N=C)=C/C)Cc1ccncc1. The predicted octanol–water partition coefficient (Wildman–Crippen LogP) is 2.68. The maximum Gasteiger partial charge on any atom is 0.0605 e. The molecule has 1 rings (SSSR count). The molecule has 0 saturated carbocycles. The molecular formula is C16H19N3. The Morgan fingerprint density at radius 1 is 1.53 bits per heavy atom. The van der Waals surface area contributed by atoms with Crippen LogP contribution in [0.5, 0.6) is 0 Å². The molecule has 0 aliphatic carbocycles. The molecule has 0 aromatic carbocycles. The molecule has 19 heavy (non-hydrogen) atoms. The quantitative estimate of drug-likeness (QED) is 0.424. The number of allylic oxidation sites excluding steroid dienone is 1. The van der Waals surface area contributed by atoms with Gasteiger partial charge in [-0.2, -0.15) is 0 Å². The third kappa shape index (κ3) is 5.80. The fraction of sp³-hybridized carbons (Fsp3) is 0.250. The maximum atomic E-state index is 5.43. The van der Waals surface area contributed by atoms with Crippen LogP contribution in [-0.4, -0.2) is 29.7 Å². The summed E-state index contributed by atoms with van der Waals surface area (Å²) in [6, 6.07) is 4.00. The van der Waals surface area contributed by atoms with Crippen LogP contribution in [0.15, 0.2) is 53.4 Å². The summed E-state index contributed by atoms with van der Waals surface area (Å²) in [5.74, 6) is 2.70. The lowest BCUT2D eigenvalue weighted by molar-refractivity contribution is 0.327. The van der Waals surface area contributed by atoms with Gasteiger partial charge in [0.15, 0.2) is 0 Å². The van der Waals surface area contributed by atoms with Gasteiger partial charge in [-0.25, -0.2) is 0 Å². The standard InChI is InChI=1S/C16H19N3/c1-4-12-19(13-15(5-2)6-9-17-3)14-16-7-10-18-11-8-16/h1,5-11H,3,12-14H2,2H3/b9-6-,15-5+. The molecule has 1 aromatic heterocycles. The van der Waals surface area contributed by atoms with E-state index in [-0.39, 0.29) is 0 Å². The summed E-state index contributed by atoms with van der Waals surface area (Å²) in [5.41, 5.74) is 2.36. The van der Waals surface area contributed by atoms with Crippen molar-refractivity contribution in [3.05, 3.63) is 54.0 Å². The zero-order valence-corrected chi connectivity index (χ0v) is 11.3. The second kappa shape index (κ2) is 8.84. The second-order valence-corrected chi connectivity index (χ2v) is 4.07. The molecule has 0 aliphatic rings. The summed E-state index contributed by atoms with van der Waals surface area (Å²) >= 11 is 0. The van der Waals surface area contributed by atoms with Crippen molar-refractivity contribution >= 4 is 6.72 Å². The van der Waals surface area contributed by atoms with E-state index in [4.69, 9.17) is 6.42 Å². The van der Waals surface area contributed by atoms with E-state index in [0.717, 1.165) is 18.7 Å². The highest BCUT2D eigenvalue weighted by Crippen LogP contribution is 2.07. The van der Waals surface area contributed by atoms with E-state index >= 15 is 0 Å². The smallest absolute Gasteiger partial charge is 0.0605 e. The summed E-state index contributed by atoms with van der Waals surface area (Å²) in [6.07, 6.45) is 14.7. The summed E-state index contributed by atoms with van der Waals surface area (Å²) in [6.45, 7) is 7.63. The van der Waals surface area contributed by atoms with E-state index in [1.54, 1.807) is 18.6 Å². The highest BCUT2D eigenvalue weighted by Gasteiger charge is 2.05. The van der Waals surface area contributed by atoms with Crippen LogP contribution in [0.2, 0.25) is 0 Å². The Balaban J connectivity index is 2.70. The van der Waals surface area contributed by atoms with Crippen LogP contribution < -0.4 is 0 Å². The minimum atomic E-state index is 0.606. The van der Waals surface area contributed by atoms with E-state index in [0.29, 0.717) is 6.54 Å². The molecule has 98 valence electrons. The van der Waals surface area contributed by atoms with Crippen molar-refractivity contribution < 1.29 is 0 Å². The van der Waals surface area contributed by atoms with E-state index in [1.165, 1.54) is 5.56 Å². The van der Waals surface area contributed by atoms with Gasteiger partial charge in [-0.1, -0.05) is 12.0 Å². The van der Waals surface area contributed by atoms with Crippen molar-refractivity contribution in [2.45, 2.75) is 13.5 Å². The Bertz CT molecular complexity index is 480. The molecule has 0 saturated heterocycles. The molecule has 3 heteroatoms. The van der Waals surface area contributed by atoms with Gasteiger partial charge >= 0.3 is 0 Å². The normalized spacial score (nSPS) is 11.7. The molecule has 0 unspecified atom stereocenters. The van der Waals surface area contributed by atoms with Gasteiger partial charge in [0, 0.05) is 31.7 Å². The van der Waals surface area contributed by atoms with Gasteiger partial charge in [-0.05, 0) is 43.0 Å². The van der Waals surface area contributed by atoms with E-state index in [2.05, 4.69) is 33.6 Å². The predicted molar refractivity (Wildman–Crippen MR) is 80.8 cm³/mol. The average molecular weight is 253 g/mol. The number of aliphatic imine (C=N–C) groups is 1. The summed E-state index contributed by atoms with van der Waals surface area (Å²) in [7, 11) is 0. The van der Waals surface area contributed by atoms with Gasteiger partial charge in [-0.3, -0.25) is 14.9 Å². The number of hydrogen-bond acceptors (Lipinski definition) is 3. The minimum absolute atomic E-state index is 0.606. The third-order valence-corrected chi connectivity index (χ3v) is 2.64. The second-order valence-electron chi connectivity index (χ2n) is 4.07. The summed E-state index contributed by atoms with van der Waals surface area (Å²) < 4.78 is 0. The molecule has 3 nitrogen and oxygen atoms in total. The van der Waals surface area contributed by atoms with Crippen LogP contribution >= 0.6 is 0 Å². The van der Waals surface area contributed by atoms with Crippen molar-refractivity contribution in [3.8, 4) is 12.3 Å². The van der Waals surface area contributed by atoms with Gasteiger partial charge < -0.3 is 0 Å². The molecule has 0 bridgehead atoms. The van der Waals surface area contributed by atoms with Crippen LogP contribution in [0.3, 0.4) is 0 Å². The van der Waals surface area contributed by atoms with E-state index < -0.39 is 0 Å². The van der Waals surface area contributed by atoms with Gasteiger partial charge in [-0.15, -0.1) is 6.42 Å². The van der Waals surface area contributed by atoms with Crippen LogP contribution in [0.25, 0.3) is 0 Å². The molecule has 0 spiro atoms. The Hall–Kier alpha value is -2.18. The van der Waals surface area contributed by atoms with Crippen molar-refractivity contribution in [2.75, 3.05) is 13.1 Å². The van der Waals surface area contributed by atoms with Gasteiger partial charge in [0.1, 0.15) is 0 Å². The Labute approximate surface area is 115 Å². The molecule has 1 aromatic rings. The van der Waals surface area contributed by atoms with Crippen LogP contribution in [0.1, 0.15) is 12.5 Å². The number of rotatable bonds is 7. The number of terminal acetylenes is 1. The van der Waals surface area contributed by atoms with Gasteiger partial charge in [0.05, 0.1) is 6.54 Å².